The highest BCUT2D eigenvalue weighted by atomic mass is 32.2. The third-order valence-electron chi connectivity index (χ3n) is 4.80. The molecule has 0 unspecified atom stereocenters. The molecule has 1 atom stereocenters. The first-order valence-corrected chi connectivity index (χ1v) is 11.6. The van der Waals surface area contributed by atoms with Gasteiger partial charge < -0.3 is 10.1 Å². The largest absolute Gasteiger partial charge is 0.376 e. The van der Waals surface area contributed by atoms with Gasteiger partial charge >= 0.3 is 5.69 Å². The van der Waals surface area contributed by atoms with Gasteiger partial charge in [-0.2, -0.15) is 0 Å². The molecule has 1 aromatic carbocycles. The minimum Gasteiger partial charge on any atom is -0.376 e. The topological polar surface area (TPSA) is 95.2 Å². The van der Waals surface area contributed by atoms with Crippen molar-refractivity contribution in [3.8, 4) is 5.69 Å². The summed E-state index contributed by atoms with van der Waals surface area (Å²) in [6, 6.07) is 8.72. The van der Waals surface area contributed by atoms with Crippen LogP contribution in [-0.4, -0.2) is 45.0 Å². The molecule has 0 spiro atoms. The van der Waals surface area contributed by atoms with Crippen LogP contribution in [0.1, 0.15) is 19.8 Å². The summed E-state index contributed by atoms with van der Waals surface area (Å²) in [7, 11) is 0. The predicted octanol–water partition coefficient (Wildman–Crippen LogP) is 2.02. The van der Waals surface area contributed by atoms with Crippen LogP contribution in [-0.2, 0) is 16.1 Å². The van der Waals surface area contributed by atoms with Gasteiger partial charge in [-0.3, -0.25) is 14.2 Å². The normalized spacial score (nSPS) is 16.2. The second-order valence-corrected chi connectivity index (χ2v) is 9.36. The van der Waals surface area contributed by atoms with E-state index in [1.807, 2.05) is 13.0 Å². The Morgan fingerprint density at radius 2 is 2.13 bits per heavy atom. The van der Waals surface area contributed by atoms with Gasteiger partial charge in [0.05, 0.1) is 11.8 Å². The molecule has 0 bridgehead atoms. The lowest BCUT2D eigenvalue weighted by atomic mass is 10.2. The zero-order valence-corrected chi connectivity index (χ0v) is 18.1. The van der Waals surface area contributed by atoms with Crippen LogP contribution in [0.15, 0.2) is 44.3 Å². The standard InChI is InChI=1S/C20H22N4O4S2/c1-2-29-19-22-17-16(30-19)18(26)24(13-7-4-3-5-8-13)20(27)23(17)12-15(25)21-11-14-9-6-10-28-14/h3-5,7-8,14H,2,6,9-12H2,1H3,(H,21,25)/t14-/m1/s1. The van der Waals surface area contributed by atoms with Gasteiger partial charge in [-0.15, -0.1) is 11.3 Å². The van der Waals surface area contributed by atoms with Gasteiger partial charge in [0.15, 0.2) is 9.99 Å². The quantitative estimate of drug-likeness (QED) is 0.558. The smallest absolute Gasteiger partial charge is 0.337 e. The number of fused-ring (bicyclic) bond motifs is 1. The average Bonchev–Trinajstić information content (AvgIpc) is 3.41. The van der Waals surface area contributed by atoms with Crippen molar-refractivity contribution in [1.29, 1.82) is 0 Å². The summed E-state index contributed by atoms with van der Waals surface area (Å²) in [5.74, 6) is 0.476. The van der Waals surface area contributed by atoms with Gasteiger partial charge in [0.25, 0.3) is 5.56 Å². The number of carbonyl (C=O) groups excluding carboxylic acids is 1. The van der Waals surface area contributed by atoms with E-state index in [0.29, 0.717) is 27.9 Å². The van der Waals surface area contributed by atoms with Gasteiger partial charge in [-0.05, 0) is 30.7 Å². The third kappa shape index (κ3) is 4.21. The van der Waals surface area contributed by atoms with Gasteiger partial charge in [-0.1, -0.05) is 36.9 Å². The second kappa shape index (κ2) is 9.15. The van der Waals surface area contributed by atoms with Crippen LogP contribution in [0.25, 0.3) is 16.0 Å². The summed E-state index contributed by atoms with van der Waals surface area (Å²) >= 11 is 2.75. The monoisotopic (exact) mass is 446 g/mol. The molecule has 8 nitrogen and oxygen atoms in total. The van der Waals surface area contributed by atoms with Crippen LogP contribution in [0.5, 0.6) is 0 Å². The lowest BCUT2D eigenvalue weighted by Gasteiger charge is -2.13. The number of thiazole rings is 1. The molecule has 10 heteroatoms. The lowest BCUT2D eigenvalue weighted by molar-refractivity contribution is -0.122. The van der Waals surface area contributed by atoms with Crippen molar-refractivity contribution in [3.63, 3.8) is 0 Å². The third-order valence-corrected chi connectivity index (χ3v) is 6.86. The Kier molecular flexibility index (Phi) is 6.35. The molecule has 3 heterocycles. The van der Waals surface area contributed by atoms with E-state index in [4.69, 9.17) is 4.74 Å². The number of aromatic nitrogens is 3. The molecular formula is C20H22N4O4S2. The molecule has 0 saturated carbocycles. The van der Waals surface area contributed by atoms with Crippen LogP contribution in [0.4, 0.5) is 0 Å². The maximum Gasteiger partial charge on any atom is 0.337 e. The van der Waals surface area contributed by atoms with Crippen molar-refractivity contribution < 1.29 is 9.53 Å². The minimum absolute atomic E-state index is 0.00999. The van der Waals surface area contributed by atoms with Crippen molar-refractivity contribution in [2.24, 2.45) is 0 Å². The molecule has 4 rings (SSSR count). The molecule has 0 radical (unpaired) electrons. The number of thioether (sulfide) groups is 1. The maximum atomic E-state index is 13.2. The molecule has 1 N–H and O–H groups in total. The molecular weight excluding hydrogens is 424 g/mol. The Bertz CT molecular complexity index is 1160. The van der Waals surface area contributed by atoms with Crippen LogP contribution >= 0.6 is 23.1 Å². The first-order valence-electron chi connectivity index (χ1n) is 9.81. The van der Waals surface area contributed by atoms with E-state index in [9.17, 15) is 14.4 Å². The molecule has 2 aromatic heterocycles. The number of nitrogens with zero attached hydrogens (tertiary/aromatic N) is 3. The summed E-state index contributed by atoms with van der Waals surface area (Å²) in [6.07, 6.45) is 1.91. The molecule has 1 amide bonds. The number of rotatable bonds is 7. The van der Waals surface area contributed by atoms with Gasteiger partial charge in [0, 0.05) is 13.2 Å². The summed E-state index contributed by atoms with van der Waals surface area (Å²) in [5.41, 5.74) is -0.284. The minimum atomic E-state index is -0.579. The van der Waals surface area contributed by atoms with E-state index in [-0.39, 0.29) is 24.2 Å². The molecule has 1 fully saturated rings. The van der Waals surface area contributed by atoms with Crippen LogP contribution in [0, 0.1) is 0 Å². The molecule has 1 saturated heterocycles. The Morgan fingerprint density at radius 3 is 2.83 bits per heavy atom. The summed E-state index contributed by atoms with van der Waals surface area (Å²) in [6.45, 7) is 2.89. The fraction of sp³-hybridized carbons (Fsp3) is 0.400. The number of hydrogen-bond donors (Lipinski definition) is 1. The summed E-state index contributed by atoms with van der Waals surface area (Å²) < 4.78 is 8.98. The molecule has 1 aliphatic heterocycles. The Balaban J connectivity index is 1.75. The summed E-state index contributed by atoms with van der Waals surface area (Å²) in [4.78, 5) is 43.4. The summed E-state index contributed by atoms with van der Waals surface area (Å²) in [5, 5.41) is 2.83. The van der Waals surface area contributed by atoms with Crippen LogP contribution in [0.2, 0.25) is 0 Å². The van der Waals surface area contributed by atoms with Crippen LogP contribution < -0.4 is 16.6 Å². The second-order valence-electron chi connectivity index (χ2n) is 6.85. The fourth-order valence-corrected chi connectivity index (χ4v) is 5.35. The molecule has 158 valence electrons. The van der Waals surface area contributed by atoms with E-state index in [1.54, 1.807) is 24.3 Å². The van der Waals surface area contributed by atoms with Crippen molar-refractivity contribution in [2.75, 3.05) is 18.9 Å². The average molecular weight is 447 g/mol. The first-order chi connectivity index (χ1) is 14.6. The van der Waals surface area contributed by atoms with E-state index in [1.165, 1.54) is 27.7 Å². The Morgan fingerprint density at radius 1 is 1.33 bits per heavy atom. The lowest BCUT2D eigenvalue weighted by Crippen LogP contribution is -2.42. The van der Waals surface area contributed by atoms with E-state index in [2.05, 4.69) is 10.3 Å². The number of benzene rings is 1. The van der Waals surface area contributed by atoms with Crippen molar-refractivity contribution in [2.45, 2.75) is 36.8 Å². The highest BCUT2D eigenvalue weighted by Crippen LogP contribution is 2.27. The van der Waals surface area contributed by atoms with Crippen LogP contribution in [0.3, 0.4) is 0 Å². The number of carbonyl (C=O) groups is 1. The van der Waals surface area contributed by atoms with Crippen molar-refractivity contribution in [1.82, 2.24) is 19.4 Å². The van der Waals surface area contributed by atoms with E-state index >= 15 is 0 Å². The molecule has 30 heavy (non-hydrogen) atoms. The number of ether oxygens (including phenoxy) is 1. The highest BCUT2D eigenvalue weighted by Gasteiger charge is 2.21. The zero-order chi connectivity index (χ0) is 21.1. The SMILES string of the molecule is CCSc1nc2c(s1)c(=O)n(-c1ccccc1)c(=O)n2CC(=O)NC[C@H]1CCCO1. The molecule has 3 aromatic rings. The Labute approximate surface area is 180 Å². The molecule has 1 aliphatic rings. The maximum absolute atomic E-state index is 13.2. The Hall–Kier alpha value is -2.43. The number of para-hydroxylation sites is 1. The first kappa shape index (κ1) is 20.8. The highest BCUT2D eigenvalue weighted by molar-refractivity contribution is 8.01. The van der Waals surface area contributed by atoms with Crippen molar-refractivity contribution in [3.05, 3.63) is 51.2 Å². The van der Waals surface area contributed by atoms with Crippen molar-refractivity contribution >= 4 is 39.4 Å². The fourth-order valence-electron chi connectivity index (χ4n) is 3.38. The van der Waals surface area contributed by atoms with Gasteiger partial charge in [0.2, 0.25) is 5.91 Å². The predicted molar refractivity (Wildman–Crippen MR) is 118 cm³/mol. The number of amides is 1. The van der Waals surface area contributed by atoms with E-state index < -0.39 is 11.2 Å². The number of nitrogens with one attached hydrogen (secondary N) is 1. The van der Waals surface area contributed by atoms with Gasteiger partial charge in [0.1, 0.15) is 11.2 Å². The van der Waals surface area contributed by atoms with Gasteiger partial charge in [-0.25, -0.2) is 14.3 Å². The zero-order valence-electron chi connectivity index (χ0n) is 16.5. The number of hydrogen-bond acceptors (Lipinski definition) is 7. The molecule has 0 aliphatic carbocycles. The van der Waals surface area contributed by atoms with E-state index in [0.717, 1.165) is 23.2 Å².